The van der Waals surface area contributed by atoms with Crippen LogP contribution >= 0.6 is 0 Å². The summed E-state index contributed by atoms with van der Waals surface area (Å²) in [4.78, 5) is 6.42. The number of likely N-dealkylation sites (N-methyl/N-ethyl adjacent to an activating group) is 1. The summed E-state index contributed by atoms with van der Waals surface area (Å²) in [5.41, 5.74) is 1.47. The van der Waals surface area contributed by atoms with E-state index in [0.717, 1.165) is 18.6 Å². The predicted octanol–water partition coefficient (Wildman–Crippen LogP) is -5.76. The number of rotatable bonds is 7. The number of hydrogen-bond acceptors (Lipinski definition) is 1. The van der Waals surface area contributed by atoms with E-state index < -0.39 is 0 Å². The molecule has 3 nitrogen and oxygen atoms in total. The van der Waals surface area contributed by atoms with Crippen molar-refractivity contribution in [3.05, 3.63) is 35.9 Å². The smallest absolute Gasteiger partial charge is 0.127 e. The van der Waals surface area contributed by atoms with Gasteiger partial charge in [0.1, 0.15) is 25.2 Å². The highest BCUT2D eigenvalue weighted by atomic mass is 35.5. The van der Waals surface area contributed by atoms with Crippen LogP contribution < -0.4 is 34.6 Å². The summed E-state index contributed by atoms with van der Waals surface area (Å²) in [6.45, 7) is 13.7. The molecule has 2 aliphatic rings. The Morgan fingerprint density at radius 2 is 1.60 bits per heavy atom. The molecule has 3 rings (SSSR count). The van der Waals surface area contributed by atoms with E-state index in [1.54, 1.807) is 4.90 Å². The van der Waals surface area contributed by atoms with Crippen LogP contribution in [0.5, 0.6) is 0 Å². The maximum atomic E-state index is 2.72. The van der Waals surface area contributed by atoms with Gasteiger partial charge in [0, 0.05) is 19.4 Å². The molecule has 0 radical (unpaired) electrons. The van der Waals surface area contributed by atoms with E-state index in [4.69, 9.17) is 0 Å². The van der Waals surface area contributed by atoms with Gasteiger partial charge in [-0.15, -0.1) is 0 Å². The van der Waals surface area contributed by atoms with Crippen molar-refractivity contribution in [1.82, 2.24) is 4.90 Å². The van der Waals surface area contributed by atoms with Crippen LogP contribution in [0.15, 0.2) is 30.3 Å². The zero-order valence-electron chi connectivity index (χ0n) is 15.8. The molecule has 1 aromatic rings. The molecule has 2 bridgehead atoms. The van der Waals surface area contributed by atoms with Crippen molar-refractivity contribution in [2.24, 2.45) is 0 Å². The van der Waals surface area contributed by atoms with Gasteiger partial charge in [-0.05, 0) is 25.8 Å². The van der Waals surface area contributed by atoms with Gasteiger partial charge < -0.3 is 34.6 Å². The van der Waals surface area contributed by atoms with E-state index in [-0.39, 0.29) is 24.8 Å². The van der Waals surface area contributed by atoms with Gasteiger partial charge in [-0.2, -0.15) is 0 Å². The monoisotopic (exact) mass is 387 g/mol. The lowest BCUT2D eigenvalue weighted by atomic mass is 9.91. The van der Waals surface area contributed by atoms with Crippen LogP contribution in [0.4, 0.5) is 0 Å². The van der Waals surface area contributed by atoms with Crippen molar-refractivity contribution in [1.29, 1.82) is 0 Å². The molecule has 0 aliphatic carbocycles. The van der Waals surface area contributed by atoms with Crippen molar-refractivity contribution in [3.8, 4) is 0 Å². The van der Waals surface area contributed by atoms with E-state index in [1.165, 1.54) is 64.1 Å². The molecule has 2 saturated heterocycles. The normalized spacial score (nSPS) is 26.0. The number of hydrogen-bond donors (Lipinski definition) is 2. The summed E-state index contributed by atoms with van der Waals surface area (Å²) in [7, 11) is 0. The van der Waals surface area contributed by atoms with E-state index in [1.807, 2.05) is 4.90 Å². The second-order valence-corrected chi connectivity index (χ2v) is 7.54. The van der Waals surface area contributed by atoms with E-state index >= 15 is 0 Å². The van der Waals surface area contributed by atoms with Crippen molar-refractivity contribution in [2.45, 2.75) is 51.7 Å². The zero-order valence-corrected chi connectivity index (χ0v) is 17.3. The van der Waals surface area contributed by atoms with Crippen molar-refractivity contribution >= 4 is 0 Å². The fourth-order valence-electron chi connectivity index (χ4n) is 4.73. The fraction of sp³-hybridized carbons (Fsp3) is 0.700. The molecule has 2 heterocycles. The average Bonchev–Trinajstić information content (AvgIpc) is 2.57. The minimum atomic E-state index is 0. The van der Waals surface area contributed by atoms with Crippen LogP contribution in [0.25, 0.3) is 0 Å². The van der Waals surface area contributed by atoms with Gasteiger partial charge in [0.25, 0.3) is 0 Å². The van der Waals surface area contributed by atoms with Crippen LogP contribution in [0.2, 0.25) is 0 Å². The molecule has 2 unspecified atom stereocenters. The van der Waals surface area contributed by atoms with Gasteiger partial charge in [0.15, 0.2) is 0 Å². The Morgan fingerprint density at radius 1 is 1.00 bits per heavy atom. The van der Waals surface area contributed by atoms with Gasteiger partial charge in [-0.3, -0.25) is 4.90 Å². The Kier molecular flexibility index (Phi) is 10.4. The van der Waals surface area contributed by atoms with Crippen LogP contribution in [0.1, 0.15) is 38.7 Å². The molecular weight excluding hydrogens is 353 g/mol. The first-order valence-corrected chi connectivity index (χ1v) is 9.75. The summed E-state index contributed by atoms with van der Waals surface area (Å²) in [6, 6.07) is 12.8. The topological polar surface area (TPSA) is 12.1 Å². The number of fused-ring (bicyclic) bond motifs is 2. The lowest BCUT2D eigenvalue weighted by Gasteiger charge is -2.47. The van der Waals surface area contributed by atoms with Gasteiger partial charge in [0.05, 0.1) is 26.2 Å². The van der Waals surface area contributed by atoms with Crippen LogP contribution in [-0.2, 0) is 6.54 Å². The summed E-state index contributed by atoms with van der Waals surface area (Å²) in [6.07, 6.45) is 4.32. The number of benzene rings is 1. The number of piperidine rings is 1. The highest BCUT2D eigenvalue weighted by molar-refractivity contribution is 5.14. The molecule has 144 valence electrons. The molecule has 2 N–H and O–H groups in total. The van der Waals surface area contributed by atoms with Crippen molar-refractivity contribution in [3.63, 3.8) is 0 Å². The second kappa shape index (κ2) is 11.4. The summed E-state index contributed by atoms with van der Waals surface area (Å²) in [5.74, 6) is 0. The van der Waals surface area contributed by atoms with Gasteiger partial charge in [-0.25, -0.2) is 0 Å². The molecule has 0 amide bonds. The van der Waals surface area contributed by atoms with E-state index in [9.17, 15) is 0 Å². The molecule has 2 atom stereocenters. The predicted molar refractivity (Wildman–Crippen MR) is 95.9 cm³/mol. The Hall–Kier alpha value is -0.320. The van der Waals surface area contributed by atoms with Crippen LogP contribution in [0, 0.1) is 0 Å². The third-order valence-electron chi connectivity index (χ3n) is 6.13. The van der Waals surface area contributed by atoms with Crippen molar-refractivity contribution < 1.29 is 34.6 Å². The molecule has 2 fully saturated rings. The minimum Gasteiger partial charge on any atom is -1.00 e. The molecule has 2 aliphatic heterocycles. The molecule has 1 aromatic carbocycles. The van der Waals surface area contributed by atoms with Crippen molar-refractivity contribution in [2.75, 3.05) is 39.3 Å². The maximum absolute atomic E-state index is 2.72. The number of likely N-dealkylation sites (tertiary alicyclic amines) is 1. The largest absolute Gasteiger partial charge is 1.00 e. The number of piperazine rings is 1. The summed E-state index contributed by atoms with van der Waals surface area (Å²) >= 11 is 0. The standard InChI is InChI=1S/C20H33N3.2ClH/c1-3-21(4-2)13-14-23-19-11-8-12-20(23)17-22(16-19)15-18-9-6-5-7-10-18;;/h5-7,9-10,19-20H,3-4,8,11-17H2,1-2H3;2*1H. The quantitative estimate of drug-likeness (QED) is 0.475. The number of nitrogens with zero attached hydrogens (tertiary/aromatic N) is 1. The number of nitrogens with one attached hydrogen (secondary N) is 2. The Balaban J connectivity index is 0.00000156. The van der Waals surface area contributed by atoms with E-state index in [2.05, 4.69) is 49.1 Å². The third kappa shape index (κ3) is 6.11. The maximum Gasteiger partial charge on any atom is 0.127 e. The number of quaternary nitrogens is 2. The summed E-state index contributed by atoms with van der Waals surface area (Å²) < 4.78 is 0. The van der Waals surface area contributed by atoms with Crippen LogP contribution in [-0.4, -0.2) is 56.3 Å². The van der Waals surface area contributed by atoms with Gasteiger partial charge in [0.2, 0.25) is 0 Å². The minimum absolute atomic E-state index is 0. The Bertz CT molecular complexity index is 453. The molecular formula is C20H35Cl2N3. The van der Waals surface area contributed by atoms with Crippen LogP contribution in [0.3, 0.4) is 0 Å². The van der Waals surface area contributed by atoms with E-state index in [0.29, 0.717) is 0 Å². The highest BCUT2D eigenvalue weighted by Crippen LogP contribution is 2.17. The first kappa shape index (κ1) is 22.7. The molecule has 25 heavy (non-hydrogen) atoms. The SMILES string of the molecule is CC[NH+](CC)CC[NH+]1C2CCCC1CN(Cc1ccccc1)C2.[Cl-].[Cl-]. The van der Waals surface area contributed by atoms with Gasteiger partial charge in [-0.1, -0.05) is 30.3 Å². The molecule has 0 aromatic heterocycles. The zero-order chi connectivity index (χ0) is 16.1. The summed E-state index contributed by atoms with van der Waals surface area (Å²) in [5, 5.41) is 0. The highest BCUT2D eigenvalue weighted by Gasteiger charge is 2.40. The molecule has 0 spiro atoms. The Labute approximate surface area is 166 Å². The molecule has 5 heteroatoms. The fourth-order valence-corrected chi connectivity index (χ4v) is 4.73. The van der Waals surface area contributed by atoms with Gasteiger partial charge >= 0.3 is 0 Å². The Morgan fingerprint density at radius 3 is 2.16 bits per heavy atom. The molecule has 0 saturated carbocycles. The third-order valence-corrected chi connectivity index (χ3v) is 6.13. The lowest BCUT2D eigenvalue weighted by molar-refractivity contribution is -0.991. The lowest BCUT2D eigenvalue weighted by Crippen LogP contribution is -3.26. The first-order chi connectivity index (χ1) is 11.3. The first-order valence-electron chi connectivity index (χ1n) is 9.75. The number of halogens is 2. The second-order valence-electron chi connectivity index (χ2n) is 7.54. The average molecular weight is 388 g/mol.